The molecule has 0 amide bonds. The summed E-state index contributed by atoms with van der Waals surface area (Å²) in [6.45, 7) is 1.97. The second-order valence-corrected chi connectivity index (χ2v) is 3.88. The molecule has 0 bridgehead atoms. The van der Waals surface area contributed by atoms with Crippen molar-refractivity contribution in [1.29, 1.82) is 0 Å². The van der Waals surface area contributed by atoms with Crippen LogP contribution in [0.5, 0.6) is 11.5 Å². The molecule has 0 heterocycles. The van der Waals surface area contributed by atoms with Gasteiger partial charge in [0.1, 0.15) is 0 Å². The van der Waals surface area contributed by atoms with E-state index in [9.17, 15) is 5.11 Å². The molecule has 0 spiro atoms. The molecule has 0 aliphatic carbocycles. The number of benzene rings is 1. The Kier molecular flexibility index (Phi) is 6.02. The molecular formula is C10H15BrClNO2. The Balaban J connectivity index is 0.00000196. The lowest BCUT2D eigenvalue weighted by molar-refractivity contribution is 0.368. The van der Waals surface area contributed by atoms with Crippen LogP contribution in [0.3, 0.4) is 0 Å². The number of hydrogen-bond donors (Lipinski definition) is 2. The van der Waals surface area contributed by atoms with E-state index in [1.807, 2.05) is 13.0 Å². The van der Waals surface area contributed by atoms with E-state index in [0.29, 0.717) is 11.3 Å². The normalized spacial score (nSPS) is 11.7. The number of halogens is 2. The van der Waals surface area contributed by atoms with E-state index in [4.69, 9.17) is 10.5 Å². The van der Waals surface area contributed by atoms with Gasteiger partial charge >= 0.3 is 0 Å². The van der Waals surface area contributed by atoms with Crippen molar-refractivity contribution >= 4 is 28.3 Å². The van der Waals surface area contributed by atoms with Gasteiger partial charge in [-0.2, -0.15) is 0 Å². The number of hydrogen-bond acceptors (Lipinski definition) is 3. The molecular weight excluding hydrogens is 281 g/mol. The number of aromatic hydroxyl groups is 1. The maximum Gasteiger partial charge on any atom is 0.163 e. The van der Waals surface area contributed by atoms with E-state index in [1.165, 1.54) is 7.11 Å². The Morgan fingerprint density at radius 2 is 2.13 bits per heavy atom. The summed E-state index contributed by atoms with van der Waals surface area (Å²) in [6, 6.07) is 3.34. The summed E-state index contributed by atoms with van der Waals surface area (Å²) >= 11 is 3.36. The van der Waals surface area contributed by atoms with E-state index in [1.54, 1.807) is 6.07 Å². The highest BCUT2D eigenvalue weighted by Crippen LogP contribution is 2.38. The maximum atomic E-state index is 9.84. The van der Waals surface area contributed by atoms with Crippen molar-refractivity contribution in [2.45, 2.75) is 19.4 Å². The molecule has 1 atom stereocenters. The molecule has 0 saturated heterocycles. The van der Waals surface area contributed by atoms with Crippen LogP contribution in [0.1, 0.15) is 24.9 Å². The Morgan fingerprint density at radius 1 is 1.53 bits per heavy atom. The number of ether oxygens (including phenoxy) is 1. The van der Waals surface area contributed by atoms with Gasteiger partial charge in [-0.25, -0.2) is 0 Å². The summed E-state index contributed by atoms with van der Waals surface area (Å²) in [7, 11) is 1.52. The molecule has 0 aliphatic rings. The molecule has 0 radical (unpaired) electrons. The van der Waals surface area contributed by atoms with Crippen LogP contribution < -0.4 is 10.5 Å². The Hall–Kier alpha value is -0.450. The molecule has 1 aromatic rings. The van der Waals surface area contributed by atoms with Crippen molar-refractivity contribution in [2.24, 2.45) is 5.73 Å². The number of methoxy groups -OCH3 is 1. The van der Waals surface area contributed by atoms with Gasteiger partial charge in [0, 0.05) is 16.1 Å². The predicted molar refractivity (Wildman–Crippen MR) is 66.8 cm³/mol. The second-order valence-electron chi connectivity index (χ2n) is 3.03. The van der Waals surface area contributed by atoms with E-state index >= 15 is 0 Å². The standard InChI is InChI=1S/C10H14BrNO2.ClH/c1-3-7(12)9-6(11)4-5-8(14-2)10(9)13;/h4-5,7,13H,3,12H2,1-2H3;1H/t7-;/m0./s1. The molecule has 0 saturated carbocycles. The fraction of sp³-hybridized carbons (Fsp3) is 0.400. The average Bonchev–Trinajstić information content (AvgIpc) is 2.18. The van der Waals surface area contributed by atoms with E-state index in [2.05, 4.69) is 15.9 Å². The minimum absolute atomic E-state index is 0. The van der Waals surface area contributed by atoms with Crippen molar-refractivity contribution in [3.05, 3.63) is 22.2 Å². The van der Waals surface area contributed by atoms with Crippen molar-refractivity contribution < 1.29 is 9.84 Å². The molecule has 0 unspecified atom stereocenters. The minimum Gasteiger partial charge on any atom is -0.504 e. The largest absolute Gasteiger partial charge is 0.504 e. The average molecular weight is 297 g/mol. The van der Waals surface area contributed by atoms with Crippen LogP contribution in [-0.2, 0) is 0 Å². The van der Waals surface area contributed by atoms with E-state index < -0.39 is 0 Å². The third-order valence-corrected chi connectivity index (χ3v) is 2.85. The first-order valence-electron chi connectivity index (χ1n) is 4.42. The topological polar surface area (TPSA) is 55.5 Å². The number of rotatable bonds is 3. The van der Waals surface area contributed by atoms with Gasteiger partial charge in [0.15, 0.2) is 11.5 Å². The van der Waals surface area contributed by atoms with Crippen LogP contribution in [0, 0.1) is 0 Å². The lowest BCUT2D eigenvalue weighted by Crippen LogP contribution is -2.10. The van der Waals surface area contributed by atoms with Crippen LogP contribution >= 0.6 is 28.3 Å². The zero-order chi connectivity index (χ0) is 10.7. The van der Waals surface area contributed by atoms with Gasteiger partial charge in [0.05, 0.1) is 7.11 Å². The van der Waals surface area contributed by atoms with Crippen LogP contribution in [0.25, 0.3) is 0 Å². The number of phenolic OH excluding ortho intramolecular Hbond substituents is 1. The lowest BCUT2D eigenvalue weighted by Gasteiger charge is -2.15. The van der Waals surface area contributed by atoms with Gasteiger partial charge in [-0.15, -0.1) is 12.4 Å². The summed E-state index contributed by atoms with van der Waals surface area (Å²) in [5, 5.41) is 9.84. The van der Waals surface area contributed by atoms with Gasteiger partial charge in [-0.3, -0.25) is 0 Å². The summed E-state index contributed by atoms with van der Waals surface area (Å²) in [4.78, 5) is 0. The van der Waals surface area contributed by atoms with E-state index in [0.717, 1.165) is 10.9 Å². The second kappa shape index (κ2) is 6.20. The quantitative estimate of drug-likeness (QED) is 0.901. The molecule has 3 N–H and O–H groups in total. The fourth-order valence-corrected chi connectivity index (χ4v) is 1.90. The Bertz CT molecular complexity index is 333. The minimum atomic E-state index is -0.181. The van der Waals surface area contributed by atoms with E-state index in [-0.39, 0.29) is 24.2 Å². The number of nitrogens with two attached hydrogens (primary N) is 1. The van der Waals surface area contributed by atoms with Gasteiger partial charge in [-0.05, 0) is 18.6 Å². The molecule has 1 aromatic carbocycles. The van der Waals surface area contributed by atoms with Crippen molar-refractivity contribution in [3.63, 3.8) is 0 Å². The van der Waals surface area contributed by atoms with Crippen molar-refractivity contribution in [1.82, 2.24) is 0 Å². The first-order valence-corrected chi connectivity index (χ1v) is 5.22. The molecule has 15 heavy (non-hydrogen) atoms. The third-order valence-electron chi connectivity index (χ3n) is 2.16. The first kappa shape index (κ1) is 14.6. The van der Waals surface area contributed by atoms with Crippen molar-refractivity contribution in [2.75, 3.05) is 7.11 Å². The monoisotopic (exact) mass is 295 g/mol. The summed E-state index contributed by atoms with van der Waals surface area (Å²) < 4.78 is 5.82. The lowest BCUT2D eigenvalue weighted by atomic mass is 10.0. The Labute approximate surface area is 104 Å². The first-order chi connectivity index (χ1) is 6.61. The fourth-order valence-electron chi connectivity index (χ4n) is 1.28. The molecule has 0 aliphatic heterocycles. The molecule has 86 valence electrons. The highest BCUT2D eigenvalue weighted by atomic mass is 79.9. The Morgan fingerprint density at radius 3 is 2.60 bits per heavy atom. The van der Waals surface area contributed by atoms with Gasteiger partial charge in [-0.1, -0.05) is 22.9 Å². The predicted octanol–water partition coefficient (Wildman–Crippen LogP) is 2.99. The van der Waals surface area contributed by atoms with Crippen LogP contribution in [0.15, 0.2) is 16.6 Å². The highest BCUT2D eigenvalue weighted by Gasteiger charge is 2.16. The highest BCUT2D eigenvalue weighted by molar-refractivity contribution is 9.10. The summed E-state index contributed by atoms with van der Waals surface area (Å²) in [5.74, 6) is 0.573. The van der Waals surface area contributed by atoms with Crippen molar-refractivity contribution in [3.8, 4) is 11.5 Å². The van der Waals surface area contributed by atoms with Crippen LogP contribution in [0.4, 0.5) is 0 Å². The number of phenols is 1. The molecule has 0 fully saturated rings. The zero-order valence-electron chi connectivity index (χ0n) is 8.66. The van der Waals surface area contributed by atoms with Crippen LogP contribution in [-0.4, -0.2) is 12.2 Å². The molecule has 1 rings (SSSR count). The summed E-state index contributed by atoms with van der Waals surface area (Å²) in [5.41, 5.74) is 6.57. The van der Waals surface area contributed by atoms with Gasteiger partial charge in [0.25, 0.3) is 0 Å². The van der Waals surface area contributed by atoms with Gasteiger partial charge < -0.3 is 15.6 Å². The zero-order valence-corrected chi connectivity index (χ0v) is 11.1. The van der Waals surface area contributed by atoms with Gasteiger partial charge in [0.2, 0.25) is 0 Å². The molecule has 0 aromatic heterocycles. The molecule has 5 heteroatoms. The van der Waals surface area contributed by atoms with Crippen LogP contribution in [0.2, 0.25) is 0 Å². The summed E-state index contributed by atoms with van der Waals surface area (Å²) in [6.07, 6.45) is 0.763. The molecule has 3 nitrogen and oxygen atoms in total. The smallest absolute Gasteiger partial charge is 0.163 e. The maximum absolute atomic E-state index is 9.84. The third kappa shape index (κ3) is 3.00. The SMILES string of the molecule is CC[C@H](N)c1c(Br)ccc(OC)c1O.Cl.